The van der Waals surface area contributed by atoms with Crippen LogP contribution in [0.5, 0.6) is 11.5 Å². The van der Waals surface area contributed by atoms with Gasteiger partial charge in [0.15, 0.2) is 7.37 Å². The third-order valence-corrected chi connectivity index (χ3v) is 8.06. The van der Waals surface area contributed by atoms with Gasteiger partial charge in [0, 0.05) is 12.8 Å². The summed E-state index contributed by atoms with van der Waals surface area (Å²) in [5, 5.41) is 0. The minimum atomic E-state index is -3.07. The summed E-state index contributed by atoms with van der Waals surface area (Å²) >= 11 is 0. The van der Waals surface area contributed by atoms with E-state index in [1.807, 2.05) is 18.2 Å². The molecule has 2 aromatic carbocycles. The van der Waals surface area contributed by atoms with Crippen molar-refractivity contribution in [3.63, 3.8) is 0 Å². The van der Waals surface area contributed by atoms with Gasteiger partial charge in [-0.05, 0) is 104 Å². The van der Waals surface area contributed by atoms with E-state index in [-0.39, 0.29) is 17.7 Å². The second-order valence-electron chi connectivity index (χ2n) is 9.67. The Morgan fingerprint density at radius 1 is 1.06 bits per heavy atom. The molecule has 0 aromatic heterocycles. The fraction of sp³-hybridized carbons (Fsp3) is 0.538. The van der Waals surface area contributed by atoms with E-state index in [2.05, 4.69) is 12.1 Å². The number of hydrogen-bond donors (Lipinski definition) is 1. The first kappa shape index (κ1) is 23.3. The Labute approximate surface area is 190 Å². The van der Waals surface area contributed by atoms with Gasteiger partial charge in [-0.15, -0.1) is 0 Å². The van der Waals surface area contributed by atoms with E-state index in [9.17, 15) is 13.8 Å². The summed E-state index contributed by atoms with van der Waals surface area (Å²) in [5.41, 5.74) is 1.87. The molecular weight excluding hydrogens is 426 g/mol. The van der Waals surface area contributed by atoms with E-state index in [4.69, 9.17) is 9.47 Å². The van der Waals surface area contributed by atoms with Crippen LogP contribution in [0.1, 0.15) is 61.5 Å². The number of methoxy groups -OCH3 is 1. The van der Waals surface area contributed by atoms with Crippen LogP contribution in [-0.2, 0) is 4.57 Å². The van der Waals surface area contributed by atoms with Crippen molar-refractivity contribution in [2.24, 2.45) is 11.8 Å². The van der Waals surface area contributed by atoms with Gasteiger partial charge in [-0.1, -0.05) is 12.1 Å². The molecule has 0 amide bonds. The Bertz CT molecular complexity index is 960. The second-order valence-corrected chi connectivity index (χ2v) is 12.1. The summed E-state index contributed by atoms with van der Waals surface area (Å²) in [5.74, 6) is 2.72. The molecule has 4 nitrogen and oxygen atoms in total. The summed E-state index contributed by atoms with van der Waals surface area (Å²) in [6.07, 6.45) is 6.52. The lowest BCUT2D eigenvalue weighted by Crippen LogP contribution is -2.20. The largest absolute Gasteiger partial charge is 0.497 e. The van der Waals surface area contributed by atoms with Gasteiger partial charge in [0.2, 0.25) is 0 Å². The molecule has 2 aromatic rings. The van der Waals surface area contributed by atoms with Crippen molar-refractivity contribution in [2.45, 2.75) is 50.4 Å². The van der Waals surface area contributed by atoms with E-state index in [0.717, 1.165) is 55.4 Å². The van der Waals surface area contributed by atoms with Gasteiger partial charge in [-0.25, -0.2) is 4.39 Å². The van der Waals surface area contributed by atoms with Crippen molar-refractivity contribution in [1.29, 1.82) is 0 Å². The van der Waals surface area contributed by atoms with Gasteiger partial charge in [0.1, 0.15) is 17.3 Å². The van der Waals surface area contributed by atoms with E-state index in [1.165, 1.54) is 12.7 Å². The molecule has 2 fully saturated rings. The Balaban J connectivity index is 1.32. The van der Waals surface area contributed by atoms with Crippen LogP contribution in [0.4, 0.5) is 4.39 Å². The normalized spacial score (nSPS) is 23.9. The van der Waals surface area contributed by atoms with E-state index < -0.39 is 7.37 Å². The highest BCUT2D eigenvalue weighted by molar-refractivity contribution is 7.57. The Morgan fingerprint density at radius 2 is 1.81 bits per heavy atom. The number of benzene rings is 2. The zero-order valence-corrected chi connectivity index (χ0v) is 19.9. The topological polar surface area (TPSA) is 55.8 Å². The quantitative estimate of drug-likeness (QED) is 0.430. The van der Waals surface area contributed by atoms with Crippen LogP contribution in [-0.4, -0.2) is 31.4 Å². The molecule has 1 unspecified atom stereocenters. The lowest BCUT2D eigenvalue weighted by atomic mass is 9.79. The first-order valence-electron chi connectivity index (χ1n) is 11.7. The predicted octanol–water partition coefficient (Wildman–Crippen LogP) is 6.58. The Morgan fingerprint density at radius 3 is 2.47 bits per heavy atom. The summed E-state index contributed by atoms with van der Waals surface area (Å²) in [6.45, 7) is 2.10. The van der Waals surface area contributed by atoms with Crippen molar-refractivity contribution < 1.29 is 23.3 Å². The maximum absolute atomic E-state index is 14.3. The lowest BCUT2D eigenvalue weighted by molar-refractivity contribution is 0.199. The van der Waals surface area contributed by atoms with E-state index in [0.29, 0.717) is 30.4 Å². The average Bonchev–Trinajstić information content (AvgIpc) is 3.62. The van der Waals surface area contributed by atoms with Gasteiger partial charge >= 0.3 is 0 Å². The number of hydrogen-bond acceptors (Lipinski definition) is 3. The highest BCUT2D eigenvalue weighted by Gasteiger charge is 2.35. The zero-order valence-electron chi connectivity index (χ0n) is 19.0. The number of halogens is 1. The molecule has 0 saturated heterocycles. The molecule has 32 heavy (non-hydrogen) atoms. The zero-order chi connectivity index (χ0) is 22.7. The fourth-order valence-corrected chi connectivity index (χ4v) is 6.28. The SMILES string of the molecule is COc1ccc(F)c(C2CCC(COc3cccc([C@H](CP(C)(=O)O)C4CC4)c3)CC2)c1. The van der Waals surface area contributed by atoms with Gasteiger partial charge in [-0.3, -0.25) is 4.57 Å². The molecule has 0 aliphatic heterocycles. The highest BCUT2D eigenvalue weighted by Crippen LogP contribution is 2.50. The van der Waals surface area contributed by atoms with Gasteiger partial charge in [-0.2, -0.15) is 0 Å². The van der Waals surface area contributed by atoms with E-state index >= 15 is 0 Å². The average molecular weight is 461 g/mol. The monoisotopic (exact) mass is 460 g/mol. The smallest absolute Gasteiger partial charge is 0.198 e. The van der Waals surface area contributed by atoms with Crippen molar-refractivity contribution in [2.75, 3.05) is 26.5 Å². The highest BCUT2D eigenvalue weighted by atomic mass is 31.2. The van der Waals surface area contributed by atoms with E-state index in [1.54, 1.807) is 13.2 Å². The minimum absolute atomic E-state index is 0.132. The molecule has 2 aliphatic carbocycles. The van der Waals surface area contributed by atoms with Gasteiger partial charge < -0.3 is 14.4 Å². The molecule has 1 N–H and O–H groups in total. The number of ether oxygens (including phenoxy) is 2. The molecule has 0 radical (unpaired) electrons. The third kappa shape index (κ3) is 6.14. The molecule has 4 rings (SSSR count). The molecule has 2 aliphatic rings. The Kier molecular flexibility index (Phi) is 7.27. The lowest BCUT2D eigenvalue weighted by Gasteiger charge is -2.29. The van der Waals surface area contributed by atoms with Crippen molar-refractivity contribution in [3.05, 3.63) is 59.4 Å². The first-order valence-corrected chi connectivity index (χ1v) is 14.0. The molecule has 174 valence electrons. The van der Waals surface area contributed by atoms with Crippen molar-refractivity contribution in [1.82, 2.24) is 0 Å². The minimum Gasteiger partial charge on any atom is -0.497 e. The molecule has 0 bridgehead atoms. The second kappa shape index (κ2) is 9.97. The molecule has 0 heterocycles. The first-order chi connectivity index (χ1) is 15.3. The predicted molar refractivity (Wildman–Crippen MR) is 126 cm³/mol. The summed E-state index contributed by atoms with van der Waals surface area (Å²) < 4.78 is 37.7. The fourth-order valence-electron chi connectivity index (χ4n) is 5.04. The van der Waals surface area contributed by atoms with Crippen molar-refractivity contribution >= 4 is 7.37 Å². The molecule has 2 atom stereocenters. The van der Waals surface area contributed by atoms with Crippen LogP contribution in [0.3, 0.4) is 0 Å². The Hall–Kier alpha value is -1.84. The van der Waals surface area contributed by atoms with Crippen LogP contribution >= 0.6 is 7.37 Å². The molecular formula is C26H34FO4P. The van der Waals surface area contributed by atoms with Crippen LogP contribution in [0, 0.1) is 17.7 Å². The summed E-state index contributed by atoms with van der Waals surface area (Å²) in [4.78, 5) is 9.91. The number of rotatable bonds is 9. The third-order valence-electron chi connectivity index (χ3n) is 6.99. The standard InChI is InChI=1S/C26H34FO4P/c1-30-22-12-13-26(27)24(15-22)19-8-6-18(7-9-19)16-31-23-5-3-4-21(14-23)25(20-10-11-20)17-32(2,28)29/h3-5,12-15,18-20,25H,6-11,16-17H2,1-2H3,(H,28,29)/t18?,19?,25-/m1/s1. The van der Waals surface area contributed by atoms with Crippen molar-refractivity contribution in [3.8, 4) is 11.5 Å². The molecule has 6 heteroatoms. The van der Waals surface area contributed by atoms with Crippen LogP contribution < -0.4 is 9.47 Å². The van der Waals surface area contributed by atoms with Crippen LogP contribution in [0.2, 0.25) is 0 Å². The molecule has 0 spiro atoms. The van der Waals surface area contributed by atoms with Gasteiger partial charge in [0.25, 0.3) is 0 Å². The van der Waals surface area contributed by atoms with Crippen LogP contribution in [0.25, 0.3) is 0 Å². The maximum Gasteiger partial charge on any atom is 0.198 e. The molecule has 2 saturated carbocycles. The maximum atomic E-state index is 14.3. The van der Waals surface area contributed by atoms with Gasteiger partial charge in [0.05, 0.1) is 13.7 Å². The summed E-state index contributed by atoms with van der Waals surface area (Å²) in [7, 11) is -1.46. The summed E-state index contributed by atoms with van der Waals surface area (Å²) in [6, 6.07) is 13.1. The van der Waals surface area contributed by atoms with Crippen LogP contribution in [0.15, 0.2) is 42.5 Å².